The molecule has 0 aromatic heterocycles. The maximum atomic E-state index is 13.7. The van der Waals surface area contributed by atoms with Gasteiger partial charge in [-0.3, -0.25) is 9.59 Å². The molecule has 1 saturated heterocycles. The number of fused-ring (bicyclic) bond motifs is 2. The number of halogens is 3. The molecule has 5 rings (SSSR count). The molecule has 0 radical (unpaired) electrons. The minimum Gasteiger partial charge on any atom is -0.339 e. The topological polar surface area (TPSA) is 40.6 Å². The summed E-state index contributed by atoms with van der Waals surface area (Å²) in [5.41, 5.74) is 1.43. The Bertz CT molecular complexity index is 1270. The summed E-state index contributed by atoms with van der Waals surface area (Å²) >= 11 is 1.45. The van der Waals surface area contributed by atoms with Crippen molar-refractivity contribution in [3.8, 4) is 0 Å². The van der Waals surface area contributed by atoms with Gasteiger partial charge in [0.05, 0.1) is 23.4 Å². The van der Waals surface area contributed by atoms with Crippen molar-refractivity contribution in [2.24, 2.45) is 0 Å². The molecule has 3 aromatic carbocycles. The number of likely N-dealkylation sites (tertiary alicyclic amines) is 1. The zero-order valence-corrected chi connectivity index (χ0v) is 19.7. The van der Waals surface area contributed by atoms with Gasteiger partial charge in [-0.25, -0.2) is 0 Å². The Morgan fingerprint density at radius 1 is 0.886 bits per heavy atom. The third-order valence-electron chi connectivity index (χ3n) is 6.34. The Labute approximate surface area is 205 Å². The van der Waals surface area contributed by atoms with Gasteiger partial charge in [0.15, 0.2) is 0 Å². The highest BCUT2D eigenvalue weighted by atomic mass is 32.2. The van der Waals surface area contributed by atoms with E-state index in [0.717, 1.165) is 41.2 Å². The minimum atomic E-state index is -4.43. The Morgan fingerprint density at radius 2 is 1.60 bits per heavy atom. The van der Waals surface area contributed by atoms with Gasteiger partial charge in [0.1, 0.15) is 0 Å². The monoisotopic (exact) mass is 496 g/mol. The second kappa shape index (κ2) is 9.41. The summed E-state index contributed by atoms with van der Waals surface area (Å²) < 4.78 is 39.1. The summed E-state index contributed by atoms with van der Waals surface area (Å²) in [7, 11) is 0. The lowest BCUT2D eigenvalue weighted by atomic mass is 10.1. The zero-order chi connectivity index (χ0) is 24.6. The molecule has 2 aliphatic rings. The van der Waals surface area contributed by atoms with E-state index in [1.165, 1.54) is 23.9 Å². The molecule has 0 spiro atoms. The van der Waals surface area contributed by atoms with Crippen molar-refractivity contribution < 1.29 is 22.8 Å². The molecule has 0 unspecified atom stereocenters. The highest BCUT2D eigenvalue weighted by molar-refractivity contribution is 7.99. The number of benzene rings is 3. The molecule has 2 heterocycles. The zero-order valence-electron chi connectivity index (χ0n) is 18.8. The van der Waals surface area contributed by atoms with E-state index in [9.17, 15) is 22.8 Å². The van der Waals surface area contributed by atoms with Crippen molar-refractivity contribution in [1.29, 1.82) is 0 Å². The summed E-state index contributed by atoms with van der Waals surface area (Å²) in [4.78, 5) is 31.8. The average Bonchev–Trinajstić information content (AvgIpc) is 2.98. The molecule has 3 aromatic rings. The average molecular weight is 497 g/mol. The number of piperidine rings is 1. The maximum absolute atomic E-state index is 13.7. The predicted molar refractivity (Wildman–Crippen MR) is 129 cm³/mol. The van der Waals surface area contributed by atoms with Gasteiger partial charge in [-0.2, -0.15) is 13.2 Å². The molecular formula is C27H23F3N2O2S. The largest absolute Gasteiger partial charge is 0.416 e. The predicted octanol–water partition coefficient (Wildman–Crippen LogP) is 6.64. The number of rotatable bonds is 3. The Balaban J connectivity index is 1.54. The number of hydrogen-bond donors (Lipinski definition) is 0. The van der Waals surface area contributed by atoms with Crippen molar-refractivity contribution in [2.75, 3.05) is 18.0 Å². The molecule has 2 amide bonds. The van der Waals surface area contributed by atoms with Gasteiger partial charge in [-0.05, 0) is 67.3 Å². The van der Waals surface area contributed by atoms with Crippen LogP contribution in [-0.2, 0) is 12.7 Å². The summed E-state index contributed by atoms with van der Waals surface area (Å²) in [5.74, 6) is -0.324. The standard InChI is InChI=1S/C27H23F3N2O2S/c28-27(29,30)20-11-8-18(9-12-20)17-32-22-16-19(25(33)31-14-4-1-5-15-31)10-13-24(22)35-23-7-3-2-6-21(23)26(32)34/h2-3,6-13,16H,1,4-5,14-15,17H2. The summed E-state index contributed by atoms with van der Waals surface area (Å²) in [6.45, 7) is 1.51. The molecule has 2 aliphatic heterocycles. The normalized spacial score (nSPS) is 15.9. The number of carbonyl (C=O) groups excluding carboxylic acids is 2. The lowest BCUT2D eigenvalue weighted by Crippen LogP contribution is -2.36. The van der Waals surface area contributed by atoms with Crippen LogP contribution in [0.3, 0.4) is 0 Å². The van der Waals surface area contributed by atoms with Crippen LogP contribution in [0.1, 0.15) is 51.1 Å². The summed E-state index contributed by atoms with van der Waals surface area (Å²) in [6.07, 6.45) is -1.37. The van der Waals surface area contributed by atoms with Crippen LogP contribution in [-0.4, -0.2) is 29.8 Å². The number of nitrogens with zero attached hydrogens (tertiary/aromatic N) is 2. The van der Waals surface area contributed by atoms with E-state index in [0.29, 0.717) is 35.5 Å². The SMILES string of the molecule is O=C(c1ccc2c(c1)N(Cc1ccc(C(F)(F)F)cc1)C(=O)c1ccccc1S2)N1CCCCC1. The number of hydrogen-bond acceptors (Lipinski definition) is 3. The lowest BCUT2D eigenvalue weighted by molar-refractivity contribution is -0.137. The molecule has 0 atom stereocenters. The van der Waals surface area contributed by atoms with Crippen LogP contribution in [0.2, 0.25) is 0 Å². The van der Waals surface area contributed by atoms with E-state index in [1.54, 1.807) is 29.2 Å². The Hall–Kier alpha value is -3.26. The van der Waals surface area contributed by atoms with Gasteiger partial charge in [0.2, 0.25) is 0 Å². The van der Waals surface area contributed by atoms with Gasteiger partial charge in [0, 0.05) is 28.4 Å². The number of amides is 2. The van der Waals surface area contributed by atoms with Gasteiger partial charge >= 0.3 is 6.18 Å². The van der Waals surface area contributed by atoms with Crippen LogP contribution in [0.4, 0.5) is 18.9 Å². The fourth-order valence-corrected chi connectivity index (χ4v) is 5.53. The van der Waals surface area contributed by atoms with Crippen LogP contribution in [0.25, 0.3) is 0 Å². The number of anilines is 1. The molecule has 1 fully saturated rings. The molecule has 8 heteroatoms. The highest BCUT2D eigenvalue weighted by Crippen LogP contribution is 2.42. The minimum absolute atomic E-state index is 0.0683. The number of alkyl halides is 3. The molecule has 35 heavy (non-hydrogen) atoms. The smallest absolute Gasteiger partial charge is 0.339 e. The third-order valence-corrected chi connectivity index (χ3v) is 7.49. The Kier molecular flexibility index (Phi) is 6.32. The van der Waals surface area contributed by atoms with Gasteiger partial charge < -0.3 is 9.80 Å². The first kappa shape index (κ1) is 23.5. The van der Waals surface area contributed by atoms with Gasteiger partial charge in [-0.15, -0.1) is 0 Å². The second-order valence-corrected chi connectivity index (χ2v) is 9.80. The van der Waals surface area contributed by atoms with Crippen LogP contribution in [0.15, 0.2) is 76.5 Å². The molecule has 4 nitrogen and oxygen atoms in total. The third kappa shape index (κ3) is 4.80. The van der Waals surface area contributed by atoms with E-state index in [-0.39, 0.29) is 18.4 Å². The lowest BCUT2D eigenvalue weighted by Gasteiger charge is -2.28. The second-order valence-electron chi connectivity index (χ2n) is 8.72. The first-order valence-corrected chi connectivity index (χ1v) is 12.3. The van der Waals surface area contributed by atoms with Crippen molar-refractivity contribution in [1.82, 2.24) is 4.90 Å². The van der Waals surface area contributed by atoms with Crippen molar-refractivity contribution in [3.63, 3.8) is 0 Å². The fraction of sp³-hybridized carbons (Fsp3) is 0.259. The Morgan fingerprint density at radius 3 is 2.31 bits per heavy atom. The fourth-order valence-electron chi connectivity index (χ4n) is 4.47. The van der Waals surface area contributed by atoms with E-state index in [1.807, 2.05) is 23.1 Å². The summed E-state index contributed by atoms with van der Waals surface area (Å²) in [6, 6.07) is 17.5. The van der Waals surface area contributed by atoms with Crippen LogP contribution >= 0.6 is 11.8 Å². The molecule has 0 saturated carbocycles. The van der Waals surface area contributed by atoms with Crippen molar-refractivity contribution in [3.05, 3.63) is 89.0 Å². The van der Waals surface area contributed by atoms with Crippen LogP contribution in [0, 0.1) is 0 Å². The quantitative estimate of drug-likeness (QED) is 0.408. The van der Waals surface area contributed by atoms with Crippen LogP contribution in [0.5, 0.6) is 0 Å². The van der Waals surface area contributed by atoms with Gasteiger partial charge in [0.25, 0.3) is 11.8 Å². The first-order valence-electron chi connectivity index (χ1n) is 11.5. The van der Waals surface area contributed by atoms with E-state index >= 15 is 0 Å². The van der Waals surface area contributed by atoms with Crippen molar-refractivity contribution >= 4 is 29.3 Å². The molecule has 180 valence electrons. The maximum Gasteiger partial charge on any atom is 0.416 e. The van der Waals surface area contributed by atoms with Gasteiger partial charge in [-0.1, -0.05) is 36.0 Å². The molecule has 0 bridgehead atoms. The first-order chi connectivity index (χ1) is 16.8. The summed E-state index contributed by atoms with van der Waals surface area (Å²) in [5, 5.41) is 0. The van der Waals surface area contributed by atoms with E-state index in [4.69, 9.17) is 0 Å². The molecule has 0 N–H and O–H groups in total. The van der Waals surface area contributed by atoms with E-state index < -0.39 is 11.7 Å². The van der Waals surface area contributed by atoms with E-state index in [2.05, 4.69) is 0 Å². The van der Waals surface area contributed by atoms with Crippen molar-refractivity contribution in [2.45, 2.75) is 41.8 Å². The number of carbonyl (C=O) groups is 2. The molecular weight excluding hydrogens is 473 g/mol. The highest BCUT2D eigenvalue weighted by Gasteiger charge is 2.31. The molecule has 0 aliphatic carbocycles. The van der Waals surface area contributed by atoms with Crippen LogP contribution < -0.4 is 4.90 Å².